The number of hydrogen-bond acceptors (Lipinski definition) is 4. The van der Waals surface area contributed by atoms with Gasteiger partial charge >= 0.3 is 11.9 Å². The Bertz CT molecular complexity index is 493. The van der Waals surface area contributed by atoms with Gasteiger partial charge in [0.25, 0.3) is 0 Å². The van der Waals surface area contributed by atoms with Crippen molar-refractivity contribution < 1.29 is 19.1 Å². The Morgan fingerprint density at radius 2 is 2.14 bits per heavy atom. The van der Waals surface area contributed by atoms with Crippen LogP contribution in [0.25, 0.3) is 0 Å². The molecule has 0 aromatic carbocycles. The van der Waals surface area contributed by atoms with E-state index in [2.05, 4.69) is 20.4 Å². The molecule has 3 rings (SSSR count). The van der Waals surface area contributed by atoms with Gasteiger partial charge in [-0.3, -0.25) is 9.59 Å². The Morgan fingerprint density at radius 1 is 1.43 bits per heavy atom. The smallest absolute Gasteiger partial charge is 0.320 e. The topological polar surface area (TPSA) is 52.6 Å². The molecule has 1 aliphatic heterocycles. The van der Waals surface area contributed by atoms with E-state index in [0.717, 1.165) is 24.8 Å². The van der Waals surface area contributed by atoms with Crippen LogP contribution in [0.5, 0.6) is 0 Å². The van der Waals surface area contributed by atoms with E-state index < -0.39 is 11.5 Å². The van der Waals surface area contributed by atoms with Gasteiger partial charge in [-0.15, -0.1) is 0 Å². The first-order valence-corrected chi connectivity index (χ1v) is 7.85. The third kappa shape index (κ3) is 1.80. The molecule has 4 heteroatoms. The molecule has 21 heavy (non-hydrogen) atoms. The van der Waals surface area contributed by atoms with Gasteiger partial charge in [0.2, 0.25) is 0 Å². The van der Waals surface area contributed by atoms with Crippen molar-refractivity contribution in [1.29, 1.82) is 0 Å². The Morgan fingerprint density at radius 3 is 2.71 bits per heavy atom. The number of esters is 2. The number of hydrogen-bond donors (Lipinski definition) is 0. The molecule has 3 aliphatic rings. The highest BCUT2D eigenvalue weighted by Crippen LogP contribution is 2.65. The van der Waals surface area contributed by atoms with Gasteiger partial charge in [0.15, 0.2) is 0 Å². The van der Waals surface area contributed by atoms with Crippen molar-refractivity contribution in [2.45, 2.75) is 52.6 Å². The fourth-order valence-electron chi connectivity index (χ4n) is 4.95. The number of fused-ring (bicyclic) bond motifs is 1. The van der Waals surface area contributed by atoms with Crippen LogP contribution in [0.2, 0.25) is 0 Å². The van der Waals surface area contributed by atoms with Gasteiger partial charge in [-0.25, -0.2) is 0 Å². The summed E-state index contributed by atoms with van der Waals surface area (Å²) in [4.78, 5) is 24.1. The van der Waals surface area contributed by atoms with Gasteiger partial charge < -0.3 is 9.47 Å². The molecular formula is C17H24O4. The van der Waals surface area contributed by atoms with Crippen molar-refractivity contribution >= 4 is 11.9 Å². The molecule has 116 valence electrons. The molecule has 2 saturated carbocycles. The molecule has 0 radical (unpaired) electrons. The van der Waals surface area contributed by atoms with Crippen molar-refractivity contribution in [3.05, 3.63) is 12.2 Å². The van der Waals surface area contributed by atoms with E-state index in [-0.39, 0.29) is 29.9 Å². The van der Waals surface area contributed by atoms with Crippen LogP contribution in [0.15, 0.2) is 12.2 Å². The average molecular weight is 292 g/mol. The molecule has 1 saturated heterocycles. The molecule has 0 bridgehead atoms. The van der Waals surface area contributed by atoms with E-state index in [1.54, 1.807) is 0 Å². The molecule has 3 fully saturated rings. The van der Waals surface area contributed by atoms with Crippen LogP contribution in [0.3, 0.4) is 0 Å². The number of carbonyl (C=O) groups excluding carboxylic acids is 2. The van der Waals surface area contributed by atoms with Crippen molar-refractivity contribution in [2.24, 2.45) is 22.7 Å². The van der Waals surface area contributed by atoms with E-state index in [1.807, 2.05) is 0 Å². The SMILES string of the molecule is C=C1COC(=O)C12CC1(C)C(C)CCCC1C2OC(C)=O. The minimum absolute atomic E-state index is 0.00463. The Hall–Kier alpha value is -1.32. The van der Waals surface area contributed by atoms with Crippen molar-refractivity contribution in [3.8, 4) is 0 Å². The molecule has 2 aliphatic carbocycles. The zero-order chi connectivity index (χ0) is 15.4. The summed E-state index contributed by atoms with van der Waals surface area (Å²) in [6.45, 7) is 10.2. The molecule has 1 heterocycles. The average Bonchev–Trinajstić information content (AvgIpc) is 2.83. The van der Waals surface area contributed by atoms with Crippen LogP contribution in [-0.4, -0.2) is 24.6 Å². The lowest BCUT2D eigenvalue weighted by atomic mass is 9.63. The molecule has 0 aromatic rings. The summed E-state index contributed by atoms with van der Waals surface area (Å²) < 4.78 is 10.9. The minimum atomic E-state index is -0.816. The first kappa shape index (κ1) is 14.6. The van der Waals surface area contributed by atoms with Crippen LogP contribution in [-0.2, 0) is 19.1 Å². The van der Waals surface area contributed by atoms with E-state index in [4.69, 9.17) is 9.47 Å². The molecule has 0 amide bonds. The number of carbonyl (C=O) groups is 2. The number of cyclic esters (lactones) is 1. The van der Waals surface area contributed by atoms with Crippen molar-refractivity contribution in [1.82, 2.24) is 0 Å². The maximum atomic E-state index is 12.5. The minimum Gasteiger partial charge on any atom is -0.461 e. The lowest BCUT2D eigenvalue weighted by Crippen LogP contribution is -2.43. The van der Waals surface area contributed by atoms with E-state index >= 15 is 0 Å². The van der Waals surface area contributed by atoms with Crippen LogP contribution < -0.4 is 0 Å². The van der Waals surface area contributed by atoms with Crippen molar-refractivity contribution in [2.75, 3.05) is 6.61 Å². The van der Waals surface area contributed by atoms with Gasteiger partial charge in [-0.1, -0.05) is 33.3 Å². The van der Waals surface area contributed by atoms with Gasteiger partial charge in [0.05, 0.1) is 0 Å². The Balaban J connectivity index is 2.09. The molecule has 5 atom stereocenters. The molecule has 0 N–H and O–H groups in total. The van der Waals surface area contributed by atoms with Crippen LogP contribution in [0, 0.1) is 22.7 Å². The Kier molecular flexibility index (Phi) is 3.19. The maximum Gasteiger partial charge on any atom is 0.320 e. The Labute approximate surface area is 125 Å². The summed E-state index contributed by atoms with van der Waals surface area (Å²) in [5, 5.41) is 0. The van der Waals surface area contributed by atoms with E-state index in [9.17, 15) is 9.59 Å². The number of rotatable bonds is 1. The molecule has 5 unspecified atom stereocenters. The van der Waals surface area contributed by atoms with E-state index in [0.29, 0.717) is 12.3 Å². The summed E-state index contributed by atoms with van der Waals surface area (Å²) in [6, 6.07) is 0. The highest BCUT2D eigenvalue weighted by molar-refractivity contribution is 5.85. The lowest BCUT2D eigenvalue weighted by Gasteiger charge is -2.42. The van der Waals surface area contributed by atoms with Crippen LogP contribution >= 0.6 is 0 Å². The van der Waals surface area contributed by atoms with Crippen LogP contribution in [0.4, 0.5) is 0 Å². The zero-order valence-electron chi connectivity index (χ0n) is 13.1. The molecule has 4 nitrogen and oxygen atoms in total. The van der Waals surface area contributed by atoms with Gasteiger partial charge in [-0.05, 0) is 29.7 Å². The van der Waals surface area contributed by atoms with Crippen LogP contribution in [0.1, 0.15) is 46.5 Å². The summed E-state index contributed by atoms with van der Waals surface area (Å²) in [5.41, 5.74) is -0.0319. The quantitative estimate of drug-likeness (QED) is 0.551. The fraction of sp³-hybridized carbons (Fsp3) is 0.765. The molecular weight excluding hydrogens is 268 g/mol. The first-order valence-electron chi connectivity index (χ1n) is 7.85. The molecule has 1 spiro atoms. The van der Waals surface area contributed by atoms with Crippen molar-refractivity contribution in [3.63, 3.8) is 0 Å². The van der Waals surface area contributed by atoms with Gasteiger partial charge in [0.1, 0.15) is 18.1 Å². The lowest BCUT2D eigenvalue weighted by molar-refractivity contribution is -0.162. The predicted octanol–water partition coefficient (Wildman–Crippen LogP) is 2.86. The second kappa shape index (κ2) is 4.59. The second-order valence-electron chi connectivity index (χ2n) is 7.30. The summed E-state index contributed by atoms with van der Waals surface area (Å²) >= 11 is 0. The monoisotopic (exact) mass is 292 g/mol. The highest BCUT2D eigenvalue weighted by Gasteiger charge is 2.69. The van der Waals surface area contributed by atoms with E-state index in [1.165, 1.54) is 6.92 Å². The third-order valence-corrected chi connectivity index (χ3v) is 6.30. The first-order chi connectivity index (χ1) is 9.82. The fourth-order valence-corrected chi connectivity index (χ4v) is 4.95. The molecule has 0 aromatic heterocycles. The second-order valence-corrected chi connectivity index (χ2v) is 7.30. The summed E-state index contributed by atoms with van der Waals surface area (Å²) in [7, 11) is 0. The highest BCUT2D eigenvalue weighted by atomic mass is 16.6. The third-order valence-electron chi connectivity index (χ3n) is 6.30. The van der Waals surface area contributed by atoms with Gasteiger partial charge in [-0.2, -0.15) is 0 Å². The maximum absolute atomic E-state index is 12.5. The largest absolute Gasteiger partial charge is 0.461 e. The standard InChI is InChI=1S/C17H24O4/c1-10-6-5-7-13-14(21-12(3)18)17(9-16(10,13)4)11(2)8-20-15(17)19/h10,13-14H,2,5-9H2,1,3-4H3. The predicted molar refractivity (Wildman–Crippen MR) is 77.3 cm³/mol. The zero-order valence-corrected chi connectivity index (χ0v) is 13.1. The number of ether oxygens (including phenoxy) is 2. The normalized spacial score (nSPS) is 45.6. The van der Waals surface area contributed by atoms with Gasteiger partial charge in [0, 0.05) is 12.8 Å². The summed E-state index contributed by atoms with van der Waals surface area (Å²) in [5.74, 6) is 0.151. The summed E-state index contributed by atoms with van der Waals surface area (Å²) in [6.07, 6.45) is 3.57.